The van der Waals surface area contributed by atoms with Gasteiger partial charge in [0.15, 0.2) is 5.60 Å². The number of ether oxygens (including phenoxy) is 1. The molecule has 2 saturated heterocycles. The van der Waals surface area contributed by atoms with Gasteiger partial charge in [0, 0.05) is 26.8 Å². The molecule has 2 N–H and O–H groups in total. The number of carbonyl (C=O) groups excluding carboxylic acids is 1. The number of hydrogen-bond acceptors (Lipinski definition) is 4. The van der Waals surface area contributed by atoms with Crippen molar-refractivity contribution < 1.29 is 9.53 Å². The monoisotopic (exact) mass is 171 g/mol. The molecule has 2 rings (SSSR count). The molecule has 1 amide bonds. The van der Waals surface area contributed by atoms with Crippen molar-refractivity contribution in [2.24, 2.45) is 5.73 Å². The molecule has 2 fully saturated rings. The van der Waals surface area contributed by atoms with E-state index >= 15 is 0 Å². The summed E-state index contributed by atoms with van der Waals surface area (Å²) in [6.45, 7) is 2.80. The lowest BCUT2D eigenvalue weighted by Gasteiger charge is -2.44. The summed E-state index contributed by atoms with van der Waals surface area (Å²) in [5.41, 5.74) is 5.18. The minimum atomic E-state index is -0.245. The molecule has 2 aliphatic heterocycles. The van der Waals surface area contributed by atoms with Gasteiger partial charge >= 0.3 is 6.09 Å². The number of likely N-dealkylation sites (N-methyl/N-ethyl adjacent to an activating group) is 1. The Morgan fingerprint density at radius 3 is 2.67 bits per heavy atom. The molecule has 0 bridgehead atoms. The summed E-state index contributed by atoms with van der Waals surface area (Å²) in [5.74, 6) is 0. The van der Waals surface area contributed by atoms with E-state index in [1.165, 1.54) is 0 Å². The molecule has 1 spiro atoms. The van der Waals surface area contributed by atoms with Crippen molar-refractivity contribution in [3.05, 3.63) is 0 Å². The quantitative estimate of drug-likeness (QED) is 0.552. The second-order valence-corrected chi connectivity index (χ2v) is 3.58. The Labute approximate surface area is 71.1 Å². The van der Waals surface area contributed by atoms with Crippen LogP contribution in [0.1, 0.15) is 0 Å². The van der Waals surface area contributed by atoms with Gasteiger partial charge in [-0.15, -0.1) is 0 Å². The first kappa shape index (κ1) is 7.82. The van der Waals surface area contributed by atoms with Crippen LogP contribution in [0.25, 0.3) is 0 Å². The lowest BCUT2D eigenvalue weighted by Crippen LogP contribution is -2.64. The van der Waals surface area contributed by atoms with Crippen LogP contribution >= 0.6 is 0 Å². The molecule has 0 saturated carbocycles. The lowest BCUT2D eigenvalue weighted by atomic mass is 9.95. The molecule has 5 heteroatoms. The third kappa shape index (κ3) is 0.971. The number of amides is 1. The van der Waals surface area contributed by atoms with E-state index in [9.17, 15) is 4.79 Å². The van der Waals surface area contributed by atoms with Gasteiger partial charge in [0.25, 0.3) is 0 Å². The van der Waals surface area contributed by atoms with Crippen LogP contribution in [0, 0.1) is 0 Å². The van der Waals surface area contributed by atoms with Crippen molar-refractivity contribution in [3.8, 4) is 0 Å². The average molecular weight is 171 g/mol. The predicted octanol–water partition coefficient (Wildman–Crippen LogP) is -0.961. The van der Waals surface area contributed by atoms with Crippen LogP contribution < -0.4 is 5.73 Å². The molecule has 0 atom stereocenters. The van der Waals surface area contributed by atoms with Crippen molar-refractivity contribution in [3.63, 3.8) is 0 Å². The summed E-state index contributed by atoms with van der Waals surface area (Å²) in [4.78, 5) is 14.7. The Hall–Kier alpha value is -0.810. The molecule has 0 unspecified atom stereocenters. The molecule has 12 heavy (non-hydrogen) atoms. The first-order valence-corrected chi connectivity index (χ1v) is 4.02. The first-order valence-electron chi connectivity index (χ1n) is 4.02. The second-order valence-electron chi connectivity index (χ2n) is 3.58. The molecule has 2 heterocycles. The summed E-state index contributed by atoms with van der Waals surface area (Å²) < 4.78 is 5.22. The van der Waals surface area contributed by atoms with E-state index in [1.807, 2.05) is 4.90 Å². The fraction of sp³-hybridized carbons (Fsp3) is 0.857. The highest BCUT2D eigenvalue weighted by atomic mass is 16.6. The molecule has 0 aromatic carbocycles. The topological polar surface area (TPSA) is 58.8 Å². The van der Waals surface area contributed by atoms with Crippen LogP contribution in [0.2, 0.25) is 0 Å². The normalized spacial score (nSPS) is 27.5. The summed E-state index contributed by atoms with van der Waals surface area (Å²) in [5, 5.41) is 0. The number of nitrogens with zero attached hydrogens (tertiary/aromatic N) is 2. The van der Waals surface area contributed by atoms with E-state index < -0.39 is 0 Å². The Morgan fingerprint density at radius 2 is 2.25 bits per heavy atom. The first-order chi connectivity index (χ1) is 5.65. The number of rotatable bonds is 1. The van der Waals surface area contributed by atoms with Crippen molar-refractivity contribution in [1.82, 2.24) is 9.80 Å². The van der Waals surface area contributed by atoms with Crippen molar-refractivity contribution in [1.29, 1.82) is 0 Å². The van der Waals surface area contributed by atoms with Gasteiger partial charge in [-0.25, -0.2) is 4.79 Å². The maximum atomic E-state index is 11.0. The highest BCUT2D eigenvalue weighted by molar-refractivity contribution is 5.70. The van der Waals surface area contributed by atoms with Gasteiger partial charge in [0.1, 0.15) is 0 Å². The minimum absolute atomic E-state index is 0.216. The van der Waals surface area contributed by atoms with E-state index in [1.54, 1.807) is 11.9 Å². The Balaban J connectivity index is 1.96. The average Bonchev–Trinajstić information content (AvgIpc) is 2.25. The van der Waals surface area contributed by atoms with Gasteiger partial charge in [0.2, 0.25) is 0 Å². The molecular weight excluding hydrogens is 158 g/mol. The molecule has 0 aliphatic carbocycles. The third-order valence-electron chi connectivity index (χ3n) is 2.42. The fourth-order valence-corrected chi connectivity index (χ4v) is 1.85. The predicted molar refractivity (Wildman–Crippen MR) is 42.5 cm³/mol. The van der Waals surface area contributed by atoms with Crippen LogP contribution in [0.4, 0.5) is 4.79 Å². The van der Waals surface area contributed by atoms with Crippen LogP contribution in [0.15, 0.2) is 0 Å². The zero-order chi connectivity index (χ0) is 8.77. The minimum Gasteiger partial charge on any atom is -0.438 e. The SMILES string of the molecule is CN1CC2(CN(CN)C2)OC1=O. The fourth-order valence-electron chi connectivity index (χ4n) is 1.85. The molecule has 2 aliphatic rings. The van der Waals surface area contributed by atoms with Gasteiger partial charge in [-0.05, 0) is 0 Å². The van der Waals surface area contributed by atoms with E-state index in [2.05, 4.69) is 0 Å². The summed E-state index contributed by atoms with van der Waals surface area (Å²) in [6, 6.07) is 0. The lowest BCUT2D eigenvalue weighted by molar-refractivity contribution is -0.0720. The van der Waals surface area contributed by atoms with E-state index in [4.69, 9.17) is 10.5 Å². The van der Waals surface area contributed by atoms with Gasteiger partial charge in [-0.2, -0.15) is 0 Å². The Morgan fingerprint density at radius 1 is 1.58 bits per heavy atom. The molecule has 0 radical (unpaired) electrons. The van der Waals surface area contributed by atoms with E-state index in [0.29, 0.717) is 13.2 Å². The molecule has 0 aromatic heterocycles. The second kappa shape index (κ2) is 2.34. The van der Waals surface area contributed by atoms with Crippen molar-refractivity contribution in [2.45, 2.75) is 5.60 Å². The Bertz CT molecular complexity index is 213. The summed E-state index contributed by atoms with van der Waals surface area (Å²) in [7, 11) is 1.75. The number of likely N-dealkylation sites (tertiary alicyclic amines) is 1. The zero-order valence-corrected chi connectivity index (χ0v) is 7.12. The van der Waals surface area contributed by atoms with E-state index in [-0.39, 0.29) is 11.7 Å². The number of nitrogens with two attached hydrogens (primary N) is 1. The van der Waals surface area contributed by atoms with Crippen molar-refractivity contribution in [2.75, 3.05) is 33.4 Å². The van der Waals surface area contributed by atoms with E-state index in [0.717, 1.165) is 13.1 Å². The standard InChI is InChI=1S/C7H13N3O2/c1-9-2-7(12-6(9)11)3-10(4-7)5-8/h2-5,8H2,1H3. The summed E-state index contributed by atoms with van der Waals surface area (Å²) >= 11 is 0. The maximum Gasteiger partial charge on any atom is 0.410 e. The smallest absolute Gasteiger partial charge is 0.410 e. The maximum absolute atomic E-state index is 11.0. The highest BCUT2D eigenvalue weighted by Crippen LogP contribution is 2.30. The number of carbonyl (C=O) groups is 1. The van der Waals surface area contributed by atoms with Gasteiger partial charge in [-0.1, -0.05) is 0 Å². The highest BCUT2D eigenvalue weighted by Gasteiger charge is 2.52. The number of hydrogen-bond donors (Lipinski definition) is 1. The molecule has 68 valence electrons. The molecule has 0 aromatic rings. The van der Waals surface area contributed by atoms with Crippen LogP contribution in [0.5, 0.6) is 0 Å². The molecule has 5 nitrogen and oxygen atoms in total. The van der Waals surface area contributed by atoms with Crippen molar-refractivity contribution >= 4 is 6.09 Å². The van der Waals surface area contributed by atoms with Crippen LogP contribution in [-0.2, 0) is 4.74 Å². The third-order valence-corrected chi connectivity index (χ3v) is 2.42. The van der Waals surface area contributed by atoms with Gasteiger partial charge < -0.3 is 15.4 Å². The van der Waals surface area contributed by atoms with Gasteiger partial charge in [-0.3, -0.25) is 4.90 Å². The zero-order valence-electron chi connectivity index (χ0n) is 7.12. The van der Waals surface area contributed by atoms with Crippen LogP contribution in [-0.4, -0.2) is 54.8 Å². The van der Waals surface area contributed by atoms with Crippen LogP contribution in [0.3, 0.4) is 0 Å². The van der Waals surface area contributed by atoms with Gasteiger partial charge in [0.05, 0.1) is 6.54 Å². The largest absolute Gasteiger partial charge is 0.438 e. The Kier molecular flexibility index (Phi) is 1.52. The molecular formula is C7H13N3O2. The summed E-state index contributed by atoms with van der Waals surface area (Å²) in [6.07, 6.45) is -0.216.